The fraction of sp³-hybridized carbons (Fsp3) is 0.884. The normalized spacial score (nSPS) is 13.8. The minimum Gasteiger partial charge on any atom is -0.480 e. The number of unbranched alkanes of at least 4 members (excludes halogenated alkanes) is 26. The van der Waals surface area contributed by atoms with E-state index in [0.29, 0.717) is 12.8 Å². The predicted octanol–water partition coefficient (Wildman–Crippen LogP) is 11.3. The first kappa shape index (κ1) is 53.2. The largest absolute Gasteiger partial charge is 0.480 e. The number of rotatable bonds is 42. The Morgan fingerprint density at radius 2 is 0.982 bits per heavy atom. The number of ether oxygens (including phenoxy) is 1. The summed E-state index contributed by atoms with van der Waals surface area (Å²) >= 11 is 0. The number of aliphatic carboxylic acids is 1. The molecule has 0 aromatic rings. The second-order valence-electron chi connectivity index (χ2n) is 15.2. The number of aliphatic hydroxyl groups excluding tert-OH is 1. The zero-order chi connectivity index (χ0) is 40.7. The van der Waals surface area contributed by atoms with Crippen LogP contribution in [0, 0.1) is 0 Å². The van der Waals surface area contributed by atoms with Crippen molar-refractivity contribution in [2.24, 2.45) is 0 Å². The SMILES string of the molecule is CCC/C=C\CCCCCCCC(=O)NC(COP(=O)(O)OCC(O)COC(=O)CCCCCCCCCCCCCCCCCCCCCCC)C(=O)O. The molecule has 0 aliphatic heterocycles. The van der Waals surface area contributed by atoms with E-state index in [-0.39, 0.29) is 12.8 Å². The van der Waals surface area contributed by atoms with Crippen molar-refractivity contribution >= 4 is 25.7 Å². The molecule has 324 valence electrons. The standard InChI is InChI=1S/C43H82NO10P/c1-3-5-7-9-11-13-15-16-17-18-19-20-21-22-23-24-25-27-29-31-33-35-42(47)52-36-39(45)37-53-55(50,51)54-38-40(43(48)49)44-41(46)34-32-30-28-26-14-12-10-8-6-4-2/h8,10,39-40,45H,3-7,9,11-38H2,1-2H3,(H,44,46)(H,48,49)(H,50,51)/b10-8-. The average Bonchev–Trinajstić information content (AvgIpc) is 3.16. The van der Waals surface area contributed by atoms with E-state index in [2.05, 4.69) is 31.3 Å². The van der Waals surface area contributed by atoms with Crippen LogP contribution in [0.15, 0.2) is 12.2 Å². The predicted molar refractivity (Wildman–Crippen MR) is 222 cm³/mol. The summed E-state index contributed by atoms with van der Waals surface area (Å²) in [6, 6.07) is -1.55. The number of esters is 1. The van der Waals surface area contributed by atoms with E-state index in [4.69, 9.17) is 13.8 Å². The summed E-state index contributed by atoms with van der Waals surface area (Å²) in [4.78, 5) is 45.8. The first-order chi connectivity index (χ1) is 26.6. The van der Waals surface area contributed by atoms with Crippen molar-refractivity contribution in [2.75, 3.05) is 19.8 Å². The van der Waals surface area contributed by atoms with Crippen LogP contribution in [0.1, 0.15) is 213 Å². The monoisotopic (exact) mass is 804 g/mol. The van der Waals surface area contributed by atoms with Crippen LogP contribution in [-0.2, 0) is 32.7 Å². The highest BCUT2D eigenvalue weighted by Crippen LogP contribution is 2.43. The Morgan fingerprint density at radius 1 is 0.564 bits per heavy atom. The lowest BCUT2D eigenvalue weighted by Crippen LogP contribution is -2.43. The third kappa shape index (κ3) is 38.9. The van der Waals surface area contributed by atoms with Crippen LogP contribution in [0.3, 0.4) is 0 Å². The molecule has 0 aromatic heterocycles. The molecule has 0 spiro atoms. The van der Waals surface area contributed by atoms with Crippen LogP contribution in [-0.4, -0.2) is 64.9 Å². The van der Waals surface area contributed by atoms with E-state index in [1.807, 2.05) is 0 Å². The first-order valence-electron chi connectivity index (χ1n) is 22.2. The quantitative estimate of drug-likeness (QED) is 0.0202. The highest BCUT2D eigenvalue weighted by Gasteiger charge is 2.28. The Balaban J connectivity index is 3.79. The lowest BCUT2D eigenvalue weighted by molar-refractivity contribution is -0.147. The highest BCUT2D eigenvalue weighted by molar-refractivity contribution is 7.47. The number of carbonyl (C=O) groups excluding carboxylic acids is 2. The van der Waals surface area contributed by atoms with Gasteiger partial charge in [-0.15, -0.1) is 0 Å². The van der Waals surface area contributed by atoms with Crippen molar-refractivity contribution in [3.8, 4) is 0 Å². The molecule has 0 heterocycles. The number of amides is 1. The number of hydrogen-bond acceptors (Lipinski definition) is 8. The Labute approximate surface area is 335 Å². The van der Waals surface area contributed by atoms with Crippen LogP contribution in [0.25, 0.3) is 0 Å². The highest BCUT2D eigenvalue weighted by atomic mass is 31.2. The van der Waals surface area contributed by atoms with Gasteiger partial charge >= 0.3 is 19.8 Å². The fourth-order valence-corrected chi connectivity index (χ4v) is 7.09. The van der Waals surface area contributed by atoms with Gasteiger partial charge in [0.15, 0.2) is 6.04 Å². The smallest absolute Gasteiger partial charge is 0.472 e. The molecule has 0 rings (SSSR count). The third-order valence-electron chi connectivity index (χ3n) is 9.79. The van der Waals surface area contributed by atoms with E-state index >= 15 is 0 Å². The Bertz CT molecular complexity index is 995. The molecule has 4 N–H and O–H groups in total. The van der Waals surface area contributed by atoms with Crippen LogP contribution >= 0.6 is 7.82 Å². The van der Waals surface area contributed by atoms with E-state index in [1.54, 1.807) is 0 Å². The summed E-state index contributed by atoms with van der Waals surface area (Å²) in [6.07, 6.45) is 38.3. The van der Waals surface area contributed by atoms with Crippen molar-refractivity contribution in [2.45, 2.75) is 225 Å². The van der Waals surface area contributed by atoms with E-state index in [0.717, 1.165) is 64.2 Å². The fourth-order valence-electron chi connectivity index (χ4n) is 6.32. The molecule has 0 fully saturated rings. The van der Waals surface area contributed by atoms with Crippen LogP contribution in [0.2, 0.25) is 0 Å². The molecule has 0 bridgehead atoms. The molecule has 11 nitrogen and oxygen atoms in total. The zero-order valence-corrected chi connectivity index (χ0v) is 35.9. The van der Waals surface area contributed by atoms with Gasteiger partial charge in [0.25, 0.3) is 0 Å². The molecule has 0 saturated carbocycles. The van der Waals surface area contributed by atoms with Gasteiger partial charge in [0.1, 0.15) is 12.7 Å². The van der Waals surface area contributed by atoms with Gasteiger partial charge in [-0.25, -0.2) is 9.36 Å². The van der Waals surface area contributed by atoms with Gasteiger partial charge in [-0.2, -0.15) is 0 Å². The van der Waals surface area contributed by atoms with Gasteiger partial charge in [0, 0.05) is 12.8 Å². The number of nitrogens with one attached hydrogen (secondary N) is 1. The topological polar surface area (TPSA) is 169 Å². The Morgan fingerprint density at radius 3 is 1.45 bits per heavy atom. The number of carbonyl (C=O) groups is 3. The molecular weight excluding hydrogens is 721 g/mol. The van der Waals surface area contributed by atoms with Crippen molar-refractivity contribution in [3.05, 3.63) is 12.2 Å². The summed E-state index contributed by atoms with van der Waals surface area (Å²) in [7, 11) is -4.75. The Kier molecular flexibility index (Phi) is 37.8. The molecule has 0 aliphatic rings. The van der Waals surface area contributed by atoms with Crippen LogP contribution in [0.4, 0.5) is 0 Å². The molecule has 55 heavy (non-hydrogen) atoms. The van der Waals surface area contributed by atoms with Gasteiger partial charge < -0.3 is 25.2 Å². The van der Waals surface area contributed by atoms with Gasteiger partial charge in [-0.05, 0) is 32.1 Å². The maximum atomic E-state index is 12.2. The number of phosphoric acid groups is 1. The summed E-state index contributed by atoms with van der Waals surface area (Å²) in [5.74, 6) is -2.38. The summed E-state index contributed by atoms with van der Waals surface area (Å²) in [6.45, 7) is 2.53. The second kappa shape index (κ2) is 39.1. The first-order valence-corrected chi connectivity index (χ1v) is 23.7. The molecule has 0 aromatic carbocycles. The number of phosphoric ester groups is 1. The summed E-state index contributed by atoms with van der Waals surface area (Å²) in [5, 5.41) is 21.8. The van der Waals surface area contributed by atoms with Crippen molar-refractivity contribution in [1.29, 1.82) is 0 Å². The second-order valence-corrected chi connectivity index (χ2v) is 16.7. The number of allylic oxidation sites excluding steroid dienone is 2. The maximum absolute atomic E-state index is 12.2. The minimum atomic E-state index is -4.75. The molecule has 3 unspecified atom stereocenters. The van der Waals surface area contributed by atoms with Crippen molar-refractivity contribution < 1.29 is 47.8 Å². The molecule has 3 atom stereocenters. The van der Waals surface area contributed by atoms with E-state index in [9.17, 15) is 34.1 Å². The van der Waals surface area contributed by atoms with Crippen LogP contribution in [0.5, 0.6) is 0 Å². The lowest BCUT2D eigenvalue weighted by atomic mass is 10.0. The van der Waals surface area contributed by atoms with Crippen molar-refractivity contribution in [3.63, 3.8) is 0 Å². The summed E-state index contributed by atoms with van der Waals surface area (Å²) < 4.78 is 26.8. The summed E-state index contributed by atoms with van der Waals surface area (Å²) in [5.41, 5.74) is 0. The minimum absolute atomic E-state index is 0.137. The van der Waals surface area contributed by atoms with Gasteiger partial charge in [0.2, 0.25) is 5.91 Å². The van der Waals surface area contributed by atoms with Gasteiger partial charge in [0.05, 0.1) is 13.2 Å². The molecule has 12 heteroatoms. The molecule has 0 aliphatic carbocycles. The number of aliphatic hydroxyl groups is 1. The molecule has 1 amide bonds. The third-order valence-corrected chi connectivity index (χ3v) is 10.7. The lowest BCUT2D eigenvalue weighted by Gasteiger charge is -2.18. The Hall–Kier alpha value is -1.78. The van der Waals surface area contributed by atoms with Crippen LogP contribution < -0.4 is 5.32 Å². The molecular formula is C43H82NO10P. The van der Waals surface area contributed by atoms with E-state index < -0.39 is 57.6 Å². The van der Waals surface area contributed by atoms with Crippen molar-refractivity contribution in [1.82, 2.24) is 5.32 Å². The average molecular weight is 804 g/mol. The number of carboxylic acid groups (broad SMARTS) is 1. The molecule has 0 radical (unpaired) electrons. The van der Waals surface area contributed by atoms with Gasteiger partial charge in [-0.1, -0.05) is 180 Å². The van der Waals surface area contributed by atoms with E-state index in [1.165, 1.54) is 109 Å². The molecule has 0 saturated heterocycles. The zero-order valence-electron chi connectivity index (χ0n) is 35.0. The number of carboxylic acids is 1. The number of hydrogen-bond donors (Lipinski definition) is 4. The maximum Gasteiger partial charge on any atom is 0.472 e. The van der Waals surface area contributed by atoms with Gasteiger partial charge in [-0.3, -0.25) is 18.6 Å².